The molecule has 1 N–H and O–H groups in total. The standard InChI is InChI=1S/C23H19NO2/c25-22-14-17(13-21-18-7-3-1-6-16(18)11-12-24-21)20-10-9-15-5-2-4-8-19(15)23(20)26-22/h1-10,14,21,24H,11-13H2. The van der Waals surface area contributed by atoms with E-state index in [0.717, 1.165) is 41.1 Å². The monoisotopic (exact) mass is 341 g/mol. The molecule has 0 radical (unpaired) electrons. The summed E-state index contributed by atoms with van der Waals surface area (Å²) in [6.45, 7) is 0.962. The third-order valence-electron chi connectivity index (χ3n) is 5.36. The summed E-state index contributed by atoms with van der Waals surface area (Å²) in [4.78, 5) is 12.2. The van der Waals surface area contributed by atoms with Crippen molar-refractivity contribution in [2.24, 2.45) is 0 Å². The van der Waals surface area contributed by atoms with Gasteiger partial charge < -0.3 is 9.73 Å². The summed E-state index contributed by atoms with van der Waals surface area (Å²) in [7, 11) is 0. The molecule has 26 heavy (non-hydrogen) atoms. The van der Waals surface area contributed by atoms with Crippen LogP contribution in [-0.2, 0) is 12.8 Å². The predicted octanol–water partition coefficient (Wildman–Crippen LogP) is 4.38. The van der Waals surface area contributed by atoms with E-state index in [1.807, 2.05) is 24.3 Å². The summed E-state index contributed by atoms with van der Waals surface area (Å²) in [6.07, 6.45) is 1.83. The van der Waals surface area contributed by atoms with Crippen LogP contribution in [0.5, 0.6) is 0 Å². The minimum atomic E-state index is -0.284. The molecule has 0 fully saturated rings. The molecule has 5 rings (SSSR count). The summed E-state index contributed by atoms with van der Waals surface area (Å²) >= 11 is 0. The van der Waals surface area contributed by atoms with Gasteiger partial charge in [0.2, 0.25) is 0 Å². The molecule has 2 heterocycles. The highest BCUT2D eigenvalue weighted by molar-refractivity contribution is 6.04. The maximum absolute atomic E-state index is 12.2. The Hall–Kier alpha value is -2.91. The van der Waals surface area contributed by atoms with Crippen LogP contribution in [0.3, 0.4) is 0 Å². The molecule has 1 unspecified atom stereocenters. The maximum atomic E-state index is 12.2. The van der Waals surface area contributed by atoms with E-state index in [-0.39, 0.29) is 11.7 Å². The Balaban J connectivity index is 1.66. The van der Waals surface area contributed by atoms with Crippen molar-refractivity contribution in [3.05, 3.63) is 93.8 Å². The molecule has 0 saturated heterocycles. The number of fused-ring (bicyclic) bond motifs is 4. The Labute approximate surface area is 151 Å². The van der Waals surface area contributed by atoms with E-state index in [9.17, 15) is 4.79 Å². The van der Waals surface area contributed by atoms with Gasteiger partial charge in [-0.1, -0.05) is 60.7 Å². The maximum Gasteiger partial charge on any atom is 0.336 e. The number of hydrogen-bond acceptors (Lipinski definition) is 3. The zero-order valence-corrected chi connectivity index (χ0v) is 14.4. The molecule has 1 aliphatic rings. The highest BCUT2D eigenvalue weighted by Gasteiger charge is 2.21. The van der Waals surface area contributed by atoms with Gasteiger partial charge >= 0.3 is 5.63 Å². The predicted molar refractivity (Wildman–Crippen MR) is 105 cm³/mol. The second kappa shape index (κ2) is 6.11. The minimum Gasteiger partial charge on any atom is -0.422 e. The molecule has 1 atom stereocenters. The summed E-state index contributed by atoms with van der Waals surface area (Å²) in [5.74, 6) is 0. The number of benzene rings is 3. The minimum absolute atomic E-state index is 0.219. The molecule has 0 spiro atoms. The first-order valence-corrected chi connectivity index (χ1v) is 9.05. The first kappa shape index (κ1) is 15.4. The fraction of sp³-hybridized carbons (Fsp3) is 0.174. The summed E-state index contributed by atoms with van der Waals surface area (Å²) in [6, 6.07) is 22.7. The molecule has 0 saturated carbocycles. The van der Waals surface area contributed by atoms with Crippen LogP contribution in [0.25, 0.3) is 21.7 Å². The summed E-state index contributed by atoms with van der Waals surface area (Å²) in [5, 5.41) is 6.71. The van der Waals surface area contributed by atoms with E-state index in [0.29, 0.717) is 5.58 Å². The molecule has 3 heteroatoms. The van der Waals surface area contributed by atoms with Gasteiger partial charge in [0, 0.05) is 22.9 Å². The molecule has 0 amide bonds. The molecule has 4 aromatic rings. The van der Waals surface area contributed by atoms with E-state index in [2.05, 4.69) is 41.7 Å². The molecule has 1 aromatic heterocycles. The van der Waals surface area contributed by atoms with Crippen molar-refractivity contribution in [3.63, 3.8) is 0 Å². The Morgan fingerprint density at radius 2 is 1.81 bits per heavy atom. The molecule has 0 aliphatic carbocycles. The lowest BCUT2D eigenvalue weighted by atomic mass is 9.89. The molecule has 1 aliphatic heterocycles. The highest BCUT2D eigenvalue weighted by Crippen LogP contribution is 2.31. The van der Waals surface area contributed by atoms with Crippen LogP contribution >= 0.6 is 0 Å². The Bertz CT molecular complexity index is 1180. The van der Waals surface area contributed by atoms with E-state index in [4.69, 9.17) is 4.42 Å². The molecule has 3 aromatic carbocycles. The largest absolute Gasteiger partial charge is 0.422 e. The van der Waals surface area contributed by atoms with Gasteiger partial charge in [0.1, 0.15) is 5.58 Å². The van der Waals surface area contributed by atoms with Crippen LogP contribution in [-0.4, -0.2) is 6.54 Å². The SMILES string of the molecule is O=c1cc(CC2NCCc3ccccc32)c2ccc3ccccc3c2o1. The van der Waals surface area contributed by atoms with Crippen LogP contribution in [0.2, 0.25) is 0 Å². The van der Waals surface area contributed by atoms with Gasteiger partial charge in [-0.3, -0.25) is 0 Å². The molecule has 128 valence electrons. The molecule has 3 nitrogen and oxygen atoms in total. The lowest BCUT2D eigenvalue weighted by Gasteiger charge is -2.27. The average molecular weight is 341 g/mol. The average Bonchev–Trinajstić information content (AvgIpc) is 2.68. The van der Waals surface area contributed by atoms with Crippen LogP contribution < -0.4 is 10.9 Å². The molecule has 0 bridgehead atoms. The lowest BCUT2D eigenvalue weighted by molar-refractivity contribution is 0.500. The van der Waals surface area contributed by atoms with Gasteiger partial charge in [0.25, 0.3) is 0 Å². The van der Waals surface area contributed by atoms with Crippen LogP contribution in [0.15, 0.2) is 75.9 Å². The Morgan fingerprint density at radius 1 is 0.962 bits per heavy atom. The van der Waals surface area contributed by atoms with E-state index >= 15 is 0 Å². The van der Waals surface area contributed by atoms with Crippen molar-refractivity contribution in [2.75, 3.05) is 6.54 Å². The molecular weight excluding hydrogens is 322 g/mol. The fourth-order valence-corrected chi connectivity index (χ4v) is 4.12. The van der Waals surface area contributed by atoms with Crippen molar-refractivity contribution < 1.29 is 4.42 Å². The van der Waals surface area contributed by atoms with Gasteiger partial charge in [-0.2, -0.15) is 0 Å². The van der Waals surface area contributed by atoms with Gasteiger partial charge in [0.05, 0.1) is 0 Å². The topological polar surface area (TPSA) is 42.2 Å². The van der Waals surface area contributed by atoms with Gasteiger partial charge in [-0.15, -0.1) is 0 Å². The first-order valence-electron chi connectivity index (χ1n) is 9.05. The number of nitrogens with one attached hydrogen (secondary N) is 1. The van der Waals surface area contributed by atoms with E-state index in [1.54, 1.807) is 6.07 Å². The highest BCUT2D eigenvalue weighted by atomic mass is 16.4. The van der Waals surface area contributed by atoms with Crippen LogP contribution in [0.1, 0.15) is 22.7 Å². The Morgan fingerprint density at radius 3 is 2.77 bits per heavy atom. The Kier molecular flexibility index (Phi) is 3.61. The third kappa shape index (κ3) is 2.52. The van der Waals surface area contributed by atoms with Gasteiger partial charge in [0.15, 0.2) is 0 Å². The number of hydrogen-bond donors (Lipinski definition) is 1. The normalized spacial score (nSPS) is 16.7. The fourth-order valence-electron chi connectivity index (χ4n) is 4.12. The van der Waals surface area contributed by atoms with E-state index in [1.165, 1.54) is 11.1 Å². The van der Waals surface area contributed by atoms with Crippen molar-refractivity contribution in [1.82, 2.24) is 5.32 Å². The summed E-state index contributed by atoms with van der Waals surface area (Å²) < 4.78 is 5.60. The van der Waals surface area contributed by atoms with Crippen molar-refractivity contribution in [1.29, 1.82) is 0 Å². The third-order valence-corrected chi connectivity index (χ3v) is 5.36. The van der Waals surface area contributed by atoms with E-state index < -0.39 is 0 Å². The van der Waals surface area contributed by atoms with Crippen molar-refractivity contribution >= 4 is 21.7 Å². The van der Waals surface area contributed by atoms with Crippen molar-refractivity contribution in [3.8, 4) is 0 Å². The van der Waals surface area contributed by atoms with Crippen molar-refractivity contribution in [2.45, 2.75) is 18.9 Å². The lowest BCUT2D eigenvalue weighted by Crippen LogP contribution is -2.31. The number of rotatable bonds is 2. The first-order chi connectivity index (χ1) is 12.8. The van der Waals surface area contributed by atoms with Crippen LogP contribution in [0, 0.1) is 0 Å². The van der Waals surface area contributed by atoms with Gasteiger partial charge in [-0.05, 0) is 41.5 Å². The van der Waals surface area contributed by atoms with Gasteiger partial charge in [-0.25, -0.2) is 4.79 Å². The second-order valence-corrected chi connectivity index (χ2v) is 6.91. The van der Waals surface area contributed by atoms with Crippen LogP contribution in [0.4, 0.5) is 0 Å². The smallest absolute Gasteiger partial charge is 0.336 e. The second-order valence-electron chi connectivity index (χ2n) is 6.91. The zero-order valence-electron chi connectivity index (χ0n) is 14.4. The summed E-state index contributed by atoms with van der Waals surface area (Å²) in [5.41, 5.74) is 4.17. The molecular formula is C23H19NO2. The zero-order chi connectivity index (χ0) is 17.5. The quantitative estimate of drug-likeness (QED) is 0.435.